The van der Waals surface area contributed by atoms with E-state index >= 15 is 0 Å². The molecule has 1 aromatic carbocycles. The third-order valence-electron chi connectivity index (χ3n) is 2.01. The predicted molar refractivity (Wildman–Crippen MR) is 58.2 cm³/mol. The standard InChI is InChI=1S/C11H16OS/c1-9(12)3-4-10-5-7-11(13-2)8-6-10/h5-9,12H,3-4H2,1-2H3. The molecule has 0 fully saturated rings. The summed E-state index contributed by atoms with van der Waals surface area (Å²) in [4.78, 5) is 1.29. The molecule has 0 aliphatic heterocycles. The maximum absolute atomic E-state index is 9.11. The number of thioether (sulfide) groups is 1. The van der Waals surface area contributed by atoms with Gasteiger partial charge in [-0.3, -0.25) is 0 Å². The van der Waals surface area contributed by atoms with Crippen LogP contribution in [-0.4, -0.2) is 17.5 Å². The zero-order valence-electron chi connectivity index (χ0n) is 8.16. The molecule has 0 aliphatic rings. The van der Waals surface area contributed by atoms with Crippen molar-refractivity contribution in [1.82, 2.24) is 0 Å². The van der Waals surface area contributed by atoms with Crippen LogP contribution in [0.1, 0.15) is 18.9 Å². The van der Waals surface area contributed by atoms with E-state index in [1.165, 1.54) is 10.5 Å². The molecule has 72 valence electrons. The molecule has 1 rings (SSSR count). The first kappa shape index (κ1) is 10.6. The first-order chi connectivity index (χ1) is 6.22. The quantitative estimate of drug-likeness (QED) is 0.747. The number of hydrogen-bond acceptors (Lipinski definition) is 2. The van der Waals surface area contributed by atoms with Crippen molar-refractivity contribution < 1.29 is 5.11 Å². The highest BCUT2D eigenvalue weighted by Crippen LogP contribution is 2.15. The summed E-state index contributed by atoms with van der Waals surface area (Å²) in [5, 5.41) is 9.11. The first-order valence-corrected chi connectivity index (χ1v) is 5.76. The zero-order valence-corrected chi connectivity index (χ0v) is 8.97. The Morgan fingerprint density at radius 3 is 2.38 bits per heavy atom. The van der Waals surface area contributed by atoms with Crippen LogP contribution in [0, 0.1) is 0 Å². The Balaban J connectivity index is 2.49. The fraction of sp³-hybridized carbons (Fsp3) is 0.455. The summed E-state index contributed by atoms with van der Waals surface area (Å²) in [5.41, 5.74) is 1.30. The van der Waals surface area contributed by atoms with Crippen molar-refractivity contribution in [2.24, 2.45) is 0 Å². The van der Waals surface area contributed by atoms with Gasteiger partial charge in [0, 0.05) is 4.90 Å². The van der Waals surface area contributed by atoms with Crippen molar-refractivity contribution in [2.45, 2.75) is 30.8 Å². The monoisotopic (exact) mass is 196 g/mol. The van der Waals surface area contributed by atoms with Gasteiger partial charge in [-0.15, -0.1) is 11.8 Å². The Labute approximate surface area is 84.2 Å². The molecule has 0 bridgehead atoms. The maximum Gasteiger partial charge on any atom is 0.0515 e. The van der Waals surface area contributed by atoms with Crippen LogP contribution in [0.25, 0.3) is 0 Å². The largest absolute Gasteiger partial charge is 0.393 e. The summed E-state index contributed by atoms with van der Waals surface area (Å²) in [5.74, 6) is 0. The SMILES string of the molecule is CSc1ccc(CCC(C)O)cc1. The molecule has 0 saturated heterocycles. The minimum atomic E-state index is -0.194. The highest BCUT2D eigenvalue weighted by Gasteiger charge is 1.97. The van der Waals surface area contributed by atoms with E-state index in [1.54, 1.807) is 11.8 Å². The van der Waals surface area contributed by atoms with Crippen LogP contribution in [-0.2, 0) is 6.42 Å². The van der Waals surface area contributed by atoms with Crippen molar-refractivity contribution in [3.63, 3.8) is 0 Å². The van der Waals surface area contributed by atoms with Crippen LogP contribution in [0.2, 0.25) is 0 Å². The van der Waals surface area contributed by atoms with Gasteiger partial charge >= 0.3 is 0 Å². The van der Waals surface area contributed by atoms with Gasteiger partial charge in [0.25, 0.3) is 0 Å². The van der Waals surface area contributed by atoms with Crippen LogP contribution in [0.15, 0.2) is 29.2 Å². The summed E-state index contributed by atoms with van der Waals surface area (Å²) in [6, 6.07) is 8.52. The molecular formula is C11H16OS. The third-order valence-corrected chi connectivity index (χ3v) is 2.75. The average molecular weight is 196 g/mol. The van der Waals surface area contributed by atoms with E-state index in [0.717, 1.165) is 12.8 Å². The Kier molecular flexibility index (Phi) is 4.33. The summed E-state index contributed by atoms with van der Waals surface area (Å²) in [6.07, 6.45) is 3.69. The zero-order chi connectivity index (χ0) is 9.68. The predicted octanol–water partition coefficient (Wildman–Crippen LogP) is 2.72. The molecule has 1 N–H and O–H groups in total. The number of benzene rings is 1. The van der Waals surface area contributed by atoms with E-state index in [0.29, 0.717) is 0 Å². The second-order valence-corrected chi connectivity index (χ2v) is 4.12. The minimum Gasteiger partial charge on any atom is -0.393 e. The van der Waals surface area contributed by atoms with Crippen molar-refractivity contribution >= 4 is 11.8 Å². The fourth-order valence-corrected chi connectivity index (χ4v) is 1.58. The molecule has 0 saturated carbocycles. The Bertz CT molecular complexity index is 241. The molecule has 0 spiro atoms. The van der Waals surface area contributed by atoms with E-state index in [1.807, 2.05) is 6.92 Å². The van der Waals surface area contributed by atoms with Crippen molar-refractivity contribution in [2.75, 3.05) is 6.26 Å². The van der Waals surface area contributed by atoms with Crippen LogP contribution >= 0.6 is 11.8 Å². The second kappa shape index (κ2) is 5.30. The molecule has 1 unspecified atom stereocenters. The number of hydrogen-bond donors (Lipinski definition) is 1. The summed E-state index contributed by atoms with van der Waals surface area (Å²) < 4.78 is 0. The van der Waals surface area contributed by atoms with Crippen molar-refractivity contribution in [3.05, 3.63) is 29.8 Å². The smallest absolute Gasteiger partial charge is 0.0515 e. The molecule has 1 atom stereocenters. The fourth-order valence-electron chi connectivity index (χ4n) is 1.17. The molecule has 0 amide bonds. The number of aryl methyl sites for hydroxylation is 1. The van der Waals surface area contributed by atoms with Gasteiger partial charge < -0.3 is 5.11 Å². The normalized spacial score (nSPS) is 12.8. The highest BCUT2D eigenvalue weighted by atomic mass is 32.2. The van der Waals surface area contributed by atoms with Gasteiger partial charge in [0.2, 0.25) is 0 Å². The van der Waals surface area contributed by atoms with E-state index in [2.05, 4.69) is 30.5 Å². The van der Waals surface area contributed by atoms with Gasteiger partial charge in [-0.1, -0.05) is 12.1 Å². The van der Waals surface area contributed by atoms with Gasteiger partial charge in [0.05, 0.1) is 6.10 Å². The van der Waals surface area contributed by atoms with Gasteiger partial charge in [0.1, 0.15) is 0 Å². The average Bonchev–Trinajstić information content (AvgIpc) is 2.15. The van der Waals surface area contributed by atoms with Gasteiger partial charge in [-0.05, 0) is 43.7 Å². The van der Waals surface area contributed by atoms with Crippen LogP contribution < -0.4 is 0 Å². The highest BCUT2D eigenvalue weighted by molar-refractivity contribution is 7.98. The third kappa shape index (κ3) is 3.83. The Morgan fingerprint density at radius 2 is 1.92 bits per heavy atom. The number of rotatable bonds is 4. The van der Waals surface area contributed by atoms with Crippen LogP contribution in [0.4, 0.5) is 0 Å². The lowest BCUT2D eigenvalue weighted by atomic mass is 10.1. The topological polar surface area (TPSA) is 20.2 Å². The Morgan fingerprint density at radius 1 is 1.31 bits per heavy atom. The molecular weight excluding hydrogens is 180 g/mol. The van der Waals surface area contributed by atoms with Gasteiger partial charge in [-0.25, -0.2) is 0 Å². The lowest BCUT2D eigenvalue weighted by Crippen LogP contribution is -2.01. The minimum absolute atomic E-state index is 0.194. The summed E-state index contributed by atoms with van der Waals surface area (Å²) in [7, 11) is 0. The molecule has 0 aromatic heterocycles. The van der Waals surface area contributed by atoms with Crippen LogP contribution in [0.5, 0.6) is 0 Å². The van der Waals surface area contributed by atoms with E-state index in [9.17, 15) is 0 Å². The molecule has 13 heavy (non-hydrogen) atoms. The van der Waals surface area contributed by atoms with E-state index < -0.39 is 0 Å². The molecule has 1 nitrogen and oxygen atoms in total. The number of aliphatic hydroxyl groups excluding tert-OH is 1. The molecule has 1 aromatic rings. The molecule has 0 radical (unpaired) electrons. The van der Waals surface area contributed by atoms with Gasteiger partial charge in [-0.2, -0.15) is 0 Å². The second-order valence-electron chi connectivity index (χ2n) is 3.24. The summed E-state index contributed by atoms with van der Waals surface area (Å²) in [6.45, 7) is 1.83. The van der Waals surface area contributed by atoms with Crippen molar-refractivity contribution in [1.29, 1.82) is 0 Å². The van der Waals surface area contributed by atoms with E-state index in [-0.39, 0.29) is 6.10 Å². The molecule has 0 heterocycles. The lowest BCUT2D eigenvalue weighted by Gasteiger charge is -2.04. The Hall–Kier alpha value is -0.470. The molecule has 0 aliphatic carbocycles. The van der Waals surface area contributed by atoms with E-state index in [4.69, 9.17) is 5.11 Å². The maximum atomic E-state index is 9.11. The number of aliphatic hydroxyl groups is 1. The summed E-state index contributed by atoms with van der Waals surface area (Å²) >= 11 is 1.75. The van der Waals surface area contributed by atoms with Gasteiger partial charge in [0.15, 0.2) is 0 Å². The first-order valence-electron chi connectivity index (χ1n) is 4.53. The van der Waals surface area contributed by atoms with Crippen molar-refractivity contribution in [3.8, 4) is 0 Å². The van der Waals surface area contributed by atoms with Crippen LogP contribution in [0.3, 0.4) is 0 Å². The lowest BCUT2D eigenvalue weighted by molar-refractivity contribution is 0.185. The molecule has 2 heteroatoms.